The van der Waals surface area contributed by atoms with Crippen molar-refractivity contribution < 1.29 is 8.78 Å². The monoisotopic (exact) mass is 413 g/mol. The van der Waals surface area contributed by atoms with Crippen molar-refractivity contribution >= 4 is 11.3 Å². The van der Waals surface area contributed by atoms with Crippen LogP contribution in [0.5, 0.6) is 0 Å². The molecule has 0 saturated carbocycles. The first-order valence-electron chi connectivity index (χ1n) is 10.6. The molecule has 1 heterocycles. The van der Waals surface area contributed by atoms with Gasteiger partial charge in [0, 0.05) is 43.9 Å². The van der Waals surface area contributed by atoms with Crippen LogP contribution in [0.2, 0.25) is 0 Å². The van der Waals surface area contributed by atoms with Crippen LogP contribution >= 0.6 is 0 Å². The quantitative estimate of drug-likeness (QED) is 0.458. The second-order valence-corrected chi connectivity index (χ2v) is 8.95. The summed E-state index contributed by atoms with van der Waals surface area (Å²) in [5, 5.41) is 9.40. The van der Waals surface area contributed by atoms with Crippen molar-refractivity contribution in [2.24, 2.45) is 23.2 Å². The van der Waals surface area contributed by atoms with Gasteiger partial charge in [0.2, 0.25) is 0 Å². The van der Waals surface area contributed by atoms with E-state index in [1.807, 2.05) is 31.1 Å². The van der Waals surface area contributed by atoms with Gasteiger partial charge in [0.1, 0.15) is 23.3 Å². The maximum Gasteiger partial charge on any atom is 0.149 e. The average molecular weight is 414 g/mol. The Morgan fingerprint density at radius 3 is 2.53 bits per heavy atom. The molecule has 162 valence electrons. The minimum Gasteiger partial charge on any atom is -0.378 e. The fourth-order valence-electron chi connectivity index (χ4n) is 4.03. The minimum atomic E-state index is -0.790. The summed E-state index contributed by atoms with van der Waals surface area (Å²) in [4.78, 5) is 6.34. The van der Waals surface area contributed by atoms with Crippen LogP contribution in [0, 0.1) is 34.5 Å². The third kappa shape index (κ3) is 4.64. The van der Waals surface area contributed by atoms with Crippen molar-refractivity contribution in [3.63, 3.8) is 0 Å². The molecule has 3 unspecified atom stereocenters. The van der Waals surface area contributed by atoms with Crippen LogP contribution < -0.4 is 4.90 Å². The van der Waals surface area contributed by atoms with Crippen molar-refractivity contribution in [1.29, 1.82) is 5.26 Å². The molecule has 3 atom stereocenters. The lowest BCUT2D eigenvalue weighted by molar-refractivity contribution is 0.189. The van der Waals surface area contributed by atoms with Crippen LogP contribution in [-0.4, -0.2) is 19.1 Å². The van der Waals surface area contributed by atoms with Crippen molar-refractivity contribution in [2.75, 3.05) is 19.0 Å². The molecular formula is C25H33F2N3. The fraction of sp³-hybridized carbons (Fsp3) is 0.520. The van der Waals surface area contributed by atoms with Gasteiger partial charge in [0.15, 0.2) is 0 Å². The summed E-state index contributed by atoms with van der Waals surface area (Å²) in [5.41, 5.74) is 0.650. The second kappa shape index (κ2) is 9.55. The number of halogens is 2. The van der Waals surface area contributed by atoms with Crippen LogP contribution in [0.25, 0.3) is 5.57 Å². The molecule has 0 saturated heterocycles. The average Bonchev–Trinajstić information content (AvgIpc) is 2.71. The second-order valence-electron chi connectivity index (χ2n) is 8.95. The maximum atomic E-state index is 15.6. The third-order valence-electron chi connectivity index (χ3n) is 6.37. The number of pyridine rings is 1. The first-order valence-corrected chi connectivity index (χ1v) is 10.6. The summed E-state index contributed by atoms with van der Waals surface area (Å²) >= 11 is 0. The lowest BCUT2D eigenvalue weighted by atomic mass is 9.61. The van der Waals surface area contributed by atoms with Crippen LogP contribution in [0.1, 0.15) is 53.2 Å². The van der Waals surface area contributed by atoms with E-state index in [2.05, 4.69) is 51.8 Å². The first kappa shape index (κ1) is 23.8. The molecule has 5 heteroatoms. The molecule has 0 bridgehead atoms. The predicted octanol–water partition coefficient (Wildman–Crippen LogP) is 6.86. The summed E-state index contributed by atoms with van der Waals surface area (Å²) in [6.07, 6.45) is 6.71. The molecule has 0 N–H and O–H groups in total. The SMILES string of the molecule is CCC(C)C(C)(C=CC(C)C)C1CC(F)=C(C#N)C(F)=C1c1cc(N(C)C)ccn1. The number of anilines is 1. The van der Waals surface area contributed by atoms with Crippen LogP contribution in [0.3, 0.4) is 0 Å². The minimum absolute atomic E-state index is 0.0111. The summed E-state index contributed by atoms with van der Waals surface area (Å²) in [6.45, 7) is 10.4. The van der Waals surface area contributed by atoms with Crippen molar-refractivity contribution in [3.8, 4) is 6.07 Å². The molecule has 30 heavy (non-hydrogen) atoms. The fourth-order valence-corrected chi connectivity index (χ4v) is 4.03. The highest BCUT2D eigenvalue weighted by Crippen LogP contribution is 2.53. The zero-order valence-electron chi connectivity index (χ0n) is 19.1. The van der Waals surface area contributed by atoms with Gasteiger partial charge in [0.25, 0.3) is 0 Å². The Morgan fingerprint density at radius 2 is 2.00 bits per heavy atom. The number of hydrogen-bond donors (Lipinski definition) is 0. The molecule has 3 nitrogen and oxygen atoms in total. The van der Waals surface area contributed by atoms with E-state index in [4.69, 9.17) is 0 Å². The van der Waals surface area contributed by atoms with Crippen molar-refractivity contribution in [3.05, 3.63) is 53.4 Å². The van der Waals surface area contributed by atoms with Gasteiger partial charge >= 0.3 is 0 Å². The lowest BCUT2D eigenvalue weighted by Gasteiger charge is -2.43. The third-order valence-corrected chi connectivity index (χ3v) is 6.37. The molecule has 1 aromatic rings. The number of nitrogens with zero attached hydrogens (tertiary/aromatic N) is 3. The van der Waals surface area contributed by atoms with Crippen molar-refractivity contribution in [1.82, 2.24) is 4.98 Å². The molecule has 0 aromatic carbocycles. The van der Waals surface area contributed by atoms with Gasteiger partial charge in [-0.05, 0) is 29.4 Å². The van der Waals surface area contributed by atoms with Gasteiger partial charge in [0.05, 0.1) is 5.69 Å². The summed E-state index contributed by atoms with van der Waals surface area (Å²) < 4.78 is 30.5. The molecule has 1 aliphatic rings. The maximum absolute atomic E-state index is 15.6. The zero-order valence-corrected chi connectivity index (χ0v) is 19.1. The Hall–Kier alpha value is -2.48. The molecular weight excluding hydrogens is 380 g/mol. The van der Waals surface area contributed by atoms with Gasteiger partial charge in [-0.3, -0.25) is 4.98 Å². The van der Waals surface area contributed by atoms with Gasteiger partial charge in [-0.25, -0.2) is 8.78 Å². The summed E-state index contributed by atoms with van der Waals surface area (Å²) in [6, 6.07) is 5.37. The normalized spacial score (nSPS) is 20.5. The van der Waals surface area contributed by atoms with Gasteiger partial charge in [-0.1, -0.05) is 53.2 Å². The molecule has 0 aliphatic heterocycles. The molecule has 0 fully saturated rings. The highest BCUT2D eigenvalue weighted by molar-refractivity contribution is 5.76. The number of allylic oxidation sites excluding steroid dienone is 6. The Labute approximate surface area is 179 Å². The Kier molecular flexibility index (Phi) is 7.58. The highest BCUT2D eigenvalue weighted by Gasteiger charge is 2.44. The molecule has 0 spiro atoms. The Balaban J connectivity index is 2.78. The molecule has 1 aromatic heterocycles. The van der Waals surface area contributed by atoms with Gasteiger partial charge in [-0.15, -0.1) is 0 Å². The van der Waals surface area contributed by atoms with E-state index in [0.717, 1.165) is 12.1 Å². The van der Waals surface area contributed by atoms with Crippen LogP contribution in [0.4, 0.5) is 14.5 Å². The van der Waals surface area contributed by atoms with E-state index >= 15 is 4.39 Å². The first-order chi connectivity index (χ1) is 14.1. The molecule has 1 aliphatic carbocycles. The summed E-state index contributed by atoms with van der Waals surface area (Å²) in [5.74, 6) is -1.44. The van der Waals surface area contributed by atoms with E-state index in [0.29, 0.717) is 17.2 Å². The predicted molar refractivity (Wildman–Crippen MR) is 120 cm³/mol. The lowest BCUT2D eigenvalue weighted by Crippen LogP contribution is -2.35. The van der Waals surface area contributed by atoms with Gasteiger partial charge < -0.3 is 4.90 Å². The standard InChI is InChI=1S/C25H33F2N3/c1-8-17(4)25(5,11-9-16(2)3)20-14-21(26)19(15-28)24(27)23(20)22-13-18(30(6)7)10-12-29-22/h9-13,16-17,20H,8,14H2,1-7H3. The molecule has 2 rings (SSSR count). The van der Waals surface area contributed by atoms with E-state index in [9.17, 15) is 9.65 Å². The Morgan fingerprint density at radius 1 is 1.33 bits per heavy atom. The Bertz CT molecular complexity index is 905. The zero-order chi connectivity index (χ0) is 22.6. The van der Waals surface area contributed by atoms with E-state index in [1.54, 1.807) is 12.3 Å². The van der Waals surface area contributed by atoms with E-state index < -0.39 is 28.6 Å². The summed E-state index contributed by atoms with van der Waals surface area (Å²) in [7, 11) is 3.80. The number of aromatic nitrogens is 1. The van der Waals surface area contributed by atoms with E-state index in [1.165, 1.54) is 0 Å². The van der Waals surface area contributed by atoms with E-state index in [-0.39, 0.29) is 12.3 Å². The number of hydrogen-bond acceptors (Lipinski definition) is 3. The largest absolute Gasteiger partial charge is 0.378 e. The number of nitriles is 1. The number of rotatable bonds is 7. The highest BCUT2D eigenvalue weighted by atomic mass is 19.1. The van der Waals surface area contributed by atoms with Crippen molar-refractivity contribution in [2.45, 2.75) is 47.5 Å². The van der Waals surface area contributed by atoms with Crippen LogP contribution in [-0.2, 0) is 0 Å². The van der Waals surface area contributed by atoms with Gasteiger partial charge in [-0.2, -0.15) is 5.26 Å². The molecule has 0 amide bonds. The van der Waals surface area contributed by atoms with Crippen LogP contribution in [0.15, 0.2) is 47.7 Å². The molecule has 0 radical (unpaired) electrons. The smallest absolute Gasteiger partial charge is 0.149 e. The topological polar surface area (TPSA) is 39.9 Å².